The van der Waals surface area contributed by atoms with Crippen LogP contribution < -0.4 is 5.32 Å². The van der Waals surface area contributed by atoms with Gasteiger partial charge in [0.15, 0.2) is 5.82 Å². The third kappa shape index (κ3) is 3.18. The first-order valence-corrected chi connectivity index (χ1v) is 7.57. The Kier molecular flexibility index (Phi) is 4.55. The Balaban J connectivity index is 1.80. The molecule has 0 aliphatic carbocycles. The molecule has 120 valence electrons. The number of rotatable bonds is 6. The largest absolute Gasteiger partial charge is 0.468 e. The van der Waals surface area contributed by atoms with Gasteiger partial charge in [-0.25, -0.2) is 9.67 Å². The van der Waals surface area contributed by atoms with E-state index in [9.17, 15) is 5.11 Å². The molecular formula is C17H20N4O2. The number of furan rings is 1. The molecule has 0 aliphatic rings. The van der Waals surface area contributed by atoms with Gasteiger partial charge in [-0.2, -0.15) is 5.10 Å². The fraction of sp³-hybridized carbons (Fsp3) is 0.294. The minimum atomic E-state index is -0.252. The molecule has 6 heteroatoms. The molecule has 0 bridgehead atoms. The third-order valence-electron chi connectivity index (χ3n) is 3.90. The monoisotopic (exact) mass is 312 g/mol. The van der Waals surface area contributed by atoms with Crippen molar-refractivity contribution in [2.24, 2.45) is 0 Å². The van der Waals surface area contributed by atoms with Crippen LogP contribution in [0.5, 0.6) is 0 Å². The van der Waals surface area contributed by atoms with Crippen LogP contribution in [0, 0.1) is 6.92 Å². The van der Waals surface area contributed by atoms with Crippen molar-refractivity contribution in [3.8, 4) is 5.82 Å². The Morgan fingerprint density at radius 3 is 2.83 bits per heavy atom. The molecule has 2 unspecified atom stereocenters. The van der Waals surface area contributed by atoms with Crippen LogP contribution in [0.2, 0.25) is 0 Å². The van der Waals surface area contributed by atoms with Crippen LogP contribution >= 0.6 is 0 Å². The average Bonchev–Trinajstić information content (AvgIpc) is 3.23. The van der Waals surface area contributed by atoms with Gasteiger partial charge in [0.25, 0.3) is 0 Å². The fourth-order valence-corrected chi connectivity index (χ4v) is 2.66. The van der Waals surface area contributed by atoms with E-state index >= 15 is 0 Å². The van der Waals surface area contributed by atoms with Gasteiger partial charge in [-0.05, 0) is 38.1 Å². The highest BCUT2D eigenvalue weighted by Crippen LogP contribution is 2.23. The second-order valence-corrected chi connectivity index (χ2v) is 5.42. The van der Waals surface area contributed by atoms with Gasteiger partial charge in [-0.1, -0.05) is 6.07 Å². The molecule has 0 saturated heterocycles. The SMILES string of the molecule is Cc1c(C(C)NC(CO)c2ccco2)cnn1-c1ccccn1. The van der Waals surface area contributed by atoms with E-state index in [1.54, 1.807) is 12.5 Å². The standard InChI is InChI=1S/C17H20N4O2/c1-12(20-15(11-22)16-6-5-9-23-16)14-10-19-21(13(14)2)17-7-3-4-8-18-17/h3-10,12,15,20,22H,11H2,1-2H3. The zero-order chi connectivity index (χ0) is 16.2. The molecule has 3 aromatic heterocycles. The summed E-state index contributed by atoms with van der Waals surface area (Å²) < 4.78 is 7.19. The first-order chi connectivity index (χ1) is 11.2. The van der Waals surface area contributed by atoms with Crippen molar-refractivity contribution in [2.75, 3.05) is 6.61 Å². The zero-order valence-electron chi connectivity index (χ0n) is 13.2. The quantitative estimate of drug-likeness (QED) is 0.731. The molecule has 0 aliphatic heterocycles. The summed E-state index contributed by atoms with van der Waals surface area (Å²) in [5.74, 6) is 1.50. The molecule has 23 heavy (non-hydrogen) atoms. The summed E-state index contributed by atoms with van der Waals surface area (Å²) >= 11 is 0. The molecule has 2 atom stereocenters. The Bertz CT molecular complexity index is 737. The summed E-state index contributed by atoms with van der Waals surface area (Å²) in [7, 11) is 0. The Morgan fingerprint density at radius 1 is 1.30 bits per heavy atom. The second kappa shape index (κ2) is 6.76. The maximum Gasteiger partial charge on any atom is 0.153 e. The Labute approximate surface area is 134 Å². The van der Waals surface area contributed by atoms with Gasteiger partial charge >= 0.3 is 0 Å². The fourth-order valence-electron chi connectivity index (χ4n) is 2.66. The summed E-state index contributed by atoms with van der Waals surface area (Å²) in [6.45, 7) is 4.01. The lowest BCUT2D eigenvalue weighted by Gasteiger charge is -2.20. The predicted octanol–water partition coefficient (Wildman–Crippen LogP) is 2.55. The van der Waals surface area contributed by atoms with Crippen molar-refractivity contribution < 1.29 is 9.52 Å². The van der Waals surface area contributed by atoms with E-state index in [0.717, 1.165) is 17.1 Å². The molecule has 2 N–H and O–H groups in total. The lowest BCUT2D eigenvalue weighted by Crippen LogP contribution is -2.27. The summed E-state index contributed by atoms with van der Waals surface area (Å²) in [5, 5.41) is 17.4. The van der Waals surface area contributed by atoms with Crippen LogP contribution in [0.3, 0.4) is 0 Å². The van der Waals surface area contributed by atoms with Gasteiger partial charge in [0.1, 0.15) is 5.76 Å². The number of hydrogen-bond acceptors (Lipinski definition) is 5. The minimum Gasteiger partial charge on any atom is -0.468 e. The van der Waals surface area contributed by atoms with Crippen molar-refractivity contribution in [1.82, 2.24) is 20.1 Å². The van der Waals surface area contributed by atoms with Gasteiger partial charge in [0.2, 0.25) is 0 Å². The molecule has 0 amide bonds. The smallest absolute Gasteiger partial charge is 0.153 e. The number of pyridine rings is 1. The lowest BCUT2D eigenvalue weighted by atomic mass is 10.1. The van der Waals surface area contributed by atoms with E-state index in [4.69, 9.17) is 4.42 Å². The zero-order valence-corrected chi connectivity index (χ0v) is 13.2. The Morgan fingerprint density at radius 2 is 2.17 bits per heavy atom. The molecule has 3 aromatic rings. The van der Waals surface area contributed by atoms with E-state index in [1.807, 2.05) is 55.1 Å². The number of nitrogens with zero attached hydrogens (tertiary/aromatic N) is 3. The van der Waals surface area contributed by atoms with Crippen LogP contribution in [0.15, 0.2) is 53.4 Å². The van der Waals surface area contributed by atoms with Gasteiger partial charge < -0.3 is 9.52 Å². The molecule has 0 aromatic carbocycles. The molecule has 0 spiro atoms. The number of aromatic nitrogens is 3. The maximum atomic E-state index is 9.59. The molecule has 3 rings (SSSR count). The molecule has 0 fully saturated rings. The lowest BCUT2D eigenvalue weighted by molar-refractivity contribution is 0.217. The number of nitrogens with one attached hydrogen (secondary N) is 1. The minimum absolute atomic E-state index is 0.00899. The van der Waals surface area contributed by atoms with Crippen molar-refractivity contribution >= 4 is 0 Å². The van der Waals surface area contributed by atoms with Gasteiger partial charge in [0.05, 0.1) is 25.1 Å². The van der Waals surface area contributed by atoms with Crippen molar-refractivity contribution in [3.63, 3.8) is 0 Å². The van der Waals surface area contributed by atoms with Crippen LogP contribution in [0.4, 0.5) is 0 Å². The van der Waals surface area contributed by atoms with Crippen LogP contribution in [-0.2, 0) is 0 Å². The highest BCUT2D eigenvalue weighted by atomic mass is 16.3. The van der Waals surface area contributed by atoms with E-state index in [1.165, 1.54) is 0 Å². The normalized spacial score (nSPS) is 13.9. The van der Waals surface area contributed by atoms with E-state index in [-0.39, 0.29) is 18.7 Å². The van der Waals surface area contributed by atoms with Crippen LogP contribution in [0.25, 0.3) is 5.82 Å². The maximum absolute atomic E-state index is 9.59. The summed E-state index contributed by atoms with van der Waals surface area (Å²) in [6, 6.07) is 9.15. The van der Waals surface area contributed by atoms with Crippen molar-refractivity contribution in [3.05, 3.63) is 66.0 Å². The predicted molar refractivity (Wildman–Crippen MR) is 86.2 cm³/mol. The van der Waals surface area contributed by atoms with Gasteiger partial charge in [-0.3, -0.25) is 5.32 Å². The number of hydrogen-bond donors (Lipinski definition) is 2. The van der Waals surface area contributed by atoms with Gasteiger partial charge in [0, 0.05) is 23.5 Å². The molecule has 6 nitrogen and oxygen atoms in total. The van der Waals surface area contributed by atoms with E-state index in [0.29, 0.717) is 5.76 Å². The summed E-state index contributed by atoms with van der Waals surface area (Å²) in [5.41, 5.74) is 2.07. The highest BCUT2D eigenvalue weighted by Gasteiger charge is 2.20. The topological polar surface area (TPSA) is 76.1 Å². The van der Waals surface area contributed by atoms with E-state index < -0.39 is 0 Å². The third-order valence-corrected chi connectivity index (χ3v) is 3.90. The highest BCUT2D eigenvalue weighted by molar-refractivity contribution is 5.29. The Hall–Kier alpha value is -2.44. The summed E-state index contributed by atoms with van der Waals surface area (Å²) in [4.78, 5) is 4.33. The summed E-state index contributed by atoms with van der Waals surface area (Å²) in [6.07, 6.45) is 5.18. The molecule has 3 heterocycles. The van der Waals surface area contributed by atoms with Crippen LogP contribution in [-0.4, -0.2) is 26.5 Å². The van der Waals surface area contributed by atoms with Crippen molar-refractivity contribution in [1.29, 1.82) is 0 Å². The number of aliphatic hydroxyl groups excluding tert-OH is 1. The van der Waals surface area contributed by atoms with Gasteiger partial charge in [-0.15, -0.1) is 0 Å². The molecule has 0 radical (unpaired) electrons. The van der Waals surface area contributed by atoms with Crippen molar-refractivity contribution in [2.45, 2.75) is 25.9 Å². The number of aliphatic hydroxyl groups is 1. The van der Waals surface area contributed by atoms with Crippen LogP contribution in [0.1, 0.15) is 36.0 Å². The van der Waals surface area contributed by atoms with E-state index in [2.05, 4.69) is 15.4 Å². The first kappa shape index (κ1) is 15.5. The average molecular weight is 312 g/mol. The first-order valence-electron chi connectivity index (χ1n) is 7.57. The molecular weight excluding hydrogens is 292 g/mol. The second-order valence-electron chi connectivity index (χ2n) is 5.42. The molecule has 0 saturated carbocycles.